The summed E-state index contributed by atoms with van der Waals surface area (Å²) in [6.45, 7) is 7.36. The van der Waals surface area contributed by atoms with Crippen LogP contribution in [0.2, 0.25) is 0 Å². The van der Waals surface area contributed by atoms with Gasteiger partial charge in [0.05, 0.1) is 17.8 Å². The Labute approximate surface area is 200 Å². The molecule has 3 heterocycles. The summed E-state index contributed by atoms with van der Waals surface area (Å²) in [7, 11) is 0. The average molecular weight is 453 g/mol. The number of pyridine rings is 1. The molecular formula is C28H28N4S. The van der Waals surface area contributed by atoms with Crippen LogP contribution in [0.1, 0.15) is 45.9 Å². The molecule has 1 aliphatic rings. The van der Waals surface area contributed by atoms with Crippen LogP contribution in [0.4, 0.5) is 5.69 Å². The molecule has 2 atom stereocenters. The average Bonchev–Trinajstić information content (AvgIpc) is 3.32. The quantitative estimate of drug-likeness (QED) is 0.375. The van der Waals surface area contributed by atoms with Crippen molar-refractivity contribution >= 4 is 23.0 Å². The van der Waals surface area contributed by atoms with E-state index in [1.165, 1.54) is 28.1 Å². The van der Waals surface area contributed by atoms with Gasteiger partial charge in [-0.2, -0.15) is 0 Å². The second-order valence-corrected chi connectivity index (χ2v) is 9.12. The number of hydrogen-bond acceptors (Lipinski definition) is 2. The molecule has 0 saturated carbocycles. The third kappa shape index (κ3) is 4.05. The predicted octanol–water partition coefficient (Wildman–Crippen LogP) is 6.03. The fraction of sp³-hybridized carbons (Fsp3) is 0.214. The van der Waals surface area contributed by atoms with Gasteiger partial charge in [0.2, 0.25) is 0 Å². The first-order valence-corrected chi connectivity index (χ1v) is 11.7. The molecule has 0 bridgehead atoms. The fourth-order valence-electron chi connectivity index (χ4n) is 4.79. The number of benzene rings is 2. The third-order valence-corrected chi connectivity index (χ3v) is 6.84. The number of nitrogens with zero attached hydrogens (tertiary/aromatic N) is 3. The summed E-state index contributed by atoms with van der Waals surface area (Å²) in [5, 5.41) is 4.30. The largest absolute Gasteiger partial charge is 0.351 e. The van der Waals surface area contributed by atoms with E-state index < -0.39 is 0 Å². The van der Waals surface area contributed by atoms with Crippen molar-refractivity contribution < 1.29 is 0 Å². The van der Waals surface area contributed by atoms with E-state index in [9.17, 15) is 0 Å². The van der Waals surface area contributed by atoms with Crippen molar-refractivity contribution in [2.45, 2.75) is 39.4 Å². The van der Waals surface area contributed by atoms with Crippen LogP contribution in [-0.2, 0) is 6.54 Å². The predicted molar refractivity (Wildman–Crippen MR) is 139 cm³/mol. The molecule has 1 N–H and O–H groups in total. The maximum Gasteiger partial charge on any atom is 0.174 e. The summed E-state index contributed by atoms with van der Waals surface area (Å²) in [5.41, 5.74) is 8.38. The Morgan fingerprint density at radius 2 is 1.64 bits per heavy atom. The molecule has 5 rings (SSSR count). The van der Waals surface area contributed by atoms with Crippen LogP contribution < -0.4 is 10.2 Å². The lowest BCUT2D eigenvalue weighted by molar-refractivity contribution is 0.563. The number of rotatable bonds is 5. The monoisotopic (exact) mass is 452 g/mol. The van der Waals surface area contributed by atoms with E-state index in [2.05, 4.69) is 107 Å². The van der Waals surface area contributed by atoms with Gasteiger partial charge in [-0.1, -0.05) is 54.1 Å². The SMILES string of the molecule is Cc1ccc(N2C(=S)N[C@@H](c3ccccn3)[C@@H]2c2cc(C)n(Cc3ccccc3)c2C)cc1. The van der Waals surface area contributed by atoms with Gasteiger partial charge in [0, 0.05) is 29.8 Å². The van der Waals surface area contributed by atoms with Crippen LogP contribution in [0.15, 0.2) is 85.1 Å². The third-order valence-electron chi connectivity index (χ3n) is 6.53. The van der Waals surface area contributed by atoms with Crippen molar-refractivity contribution in [3.05, 3.63) is 119 Å². The minimum atomic E-state index is -0.0364. The highest BCUT2D eigenvalue weighted by Gasteiger charge is 2.42. The number of thiocarbonyl (C=S) groups is 1. The summed E-state index contributed by atoms with van der Waals surface area (Å²) in [6, 6.07) is 27.6. The molecule has 4 aromatic rings. The zero-order valence-electron chi connectivity index (χ0n) is 19.2. The normalized spacial score (nSPS) is 17.9. The van der Waals surface area contributed by atoms with Gasteiger partial charge in [-0.25, -0.2) is 0 Å². The Balaban J connectivity index is 1.62. The van der Waals surface area contributed by atoms with Crippen LogP contribution in [-0.4, -0.2) is 14.7 Å². The van der Waals surface area contributed by atoms with Crippen molar-refractivity contribution in [2.24, 2.45) is 0 Å². The van der Waals surface area contributed by atoms with Crippen LogP contribution >= 0.6 is 12.2 Å². The number of nitrogens with one attached hydrogen (secondary N) is 1. The molecule has 1 saturated heterocycles. The molecule has 5 heteroatoms. The Hall–Kier alpha value is -3.44. The zero-order chi connectivity index (χ0) is 22.9. The molecule has 1 fully saturated rings. The zero-order valence-corrected chi connectivity index (χ0v) is 20.0. The van der Waals surface area contributed by atoms with E-state index in [0.29, 0.717) is 0 Å². The highest BCUT2D eigenvalue weighted by atomic mass is 32.1. The first-order chi connectivity index (χ1) is 16.0. The van der Waals surface area contributed by atoms with Crippen molar-refractivity contribution in [3.8, 4) is 0 Å². The molecular weight excluding hydrogens is 424 g/mol. The molecule has 2 aromatic heterocycles. The summed E-state index contributed by atoms with van der Waals surface area (Å²) < 4.78 is 2.40. The minimum Gasteiger partial charge on any atom is -0.351 e. The maximum absolute atomic E-state index is 5.88. The van der Waals surface area contributed by atoms with Crippen molar-refractivity contribution in [1.29, 1.82) is 0 Å². The van der Waals surface area contributed by atoms with Gasteiger partial charge in [-0.15, -0.1) is 0 Å². The lowest BCUT2D eigenvalue weighted by Crippen LogP contribution is -2.29. The Morgan fingerprint density at radius 3 is 2.33 bits per heavy atom. The summed E-state index contributed by atoms with van der Waals surface area (Å²) in [5.74, 6) is 0. The van der Waals surface area contributed by atoms with Crippen molar-refractivity contribution in [2.75, 3.05) is 4.90 Å². The fourth-order valence-corrected chi connectivity index (χ4v) is 5.14. The van der Waals surface area contributed by atoms with E-state index in [1.54, 1.807) is 0 Å². The second-order valence-electron chi connectivity index (χ2n) is 8.73. The topological polar surface area (TPSA) is 33.1 Å². The molecule has 0 amide bonds. The summed E-state index contributed by atoms with van der Waals surface area (Å²) in [6.07, 6.45) is 1.85. The molecule has 1 aliphatic heterocycles. The van der Waals surface area contributed by atoms with Gasteiger partial charge in [-0.05, 0) is 74.4 Å². The van der Waals surface area contributed by atoms with Gasteiger partial charge in [0.25, 0.3) is 0 Å². The van der Waals surface area contributed by atoms with E-state index in [1.807, 2.05) is 18.3 Å². The maximum atomic E-state index is 5.88. The van der Waals surface area contributed by atoms with Crippen LogP contribution in [0.3, 0.4) is 0 Å². The molecule has 2 aromatic carbocycles. The van der Waals surface area contributed by atoms with E-state index in [-0.39, 0.29) is 12.1 Å². The molecule has 166 valence electrons. The van der Waals surface area contributed by atoms with Gasteiger partial charge in [0.1, 0.15) is 0 Å². The lowest BCUT2D eigenvalue weighted by atomic mass is 9.96. The Bertz CT molecular complexity index is 1260. The first-order valence-electron chi connectivity index (χ1n) is 11.3. The first kappa shape index (κ1) is 21.4. The van der Waals surface area contributed by atoms with Crippen LogP contribution in [0.25, 0.3) is 0 Å². The highest BCUT2D eigenvalue weighted by molar-refractivity contribution is 7.80. The molecule has 0 radical (unpaired) electrons. The Kier molecular flexibility index (Phi) is 5.73. The standard InChI is InChI=1S/C28H28N4S/c1-19-12-14-23(15-13-19)32-27(26(30-28(32)33)25-11-7-8-16-29-25)24-17-20(2)31(21(24)3)18-22-9-5-4-6-10-22/h4-17,26-27H,18H2,1-3H3,(H,30,33)/t26-,27-/m0/s1. The van der Waals surface area contributed by atoms with E-state index in [4.69, 9.17) is 12.2 Å². The Morgan fingerprint density at radius 1 is 0.909 bits per heavy atom. The van der Waals surface area contributed by atoms with Gasteiger partial charge >= 0.3 is 0 Å². The van der Waals surface area contributed by atoms with E-state index >= 15 is 0 Å². The van der Waals surface area contributed by atoms with Crippen LogP contribution in [0.5, 0.6) is 0 Å². The molecule has 0 unspecified atom stereocenters. The molecule has 0 spiro atoms. The van der Waals surface area contributed by atoms with Gasteiger partial charge in [-0.3, -0.25) is 4.98 Å². The van der Waals surface area contributed by atoms with E-state index in [0.717, 1.165) is 23.0 Å². The minimum absolute atomic E-state index is 0.00540. The second kappa shape index (κ2) is 8.83. The summed E-state index contributed by atoms with van der Waals surface area (Å²) >= 11 is 5.88. The number of aromatic nitrogens is 2. The molecule has 0 aliphatic carbocycles. The summed E-state index contributed by atoms with van der Waals surface area (Å²) in [4.78, 5) is 6.94. The number of aryl methyl sites for hydroxylation is 2. The molecule has 4 nitrogen and oxygen atoms in total. The van der Waals surface area contributed by atoms with Gasteiger partial charge < -0.3 is 14.8 Å². The number of hydrogen-bond donors (Lipinski definition) is 1. The van der Waals surface area contributed by atoms with Crippen molar-refractivity contribution in [1.82, 2.24) is 14.9 Å². The van der Waals surface area contributed by atoms with Crippen molar-refractivity contribution in [3.63, 3.8) is 0 Å². The molecule has 33 heavy (non-hydrogen) atoms. The van der Waals surface area contributed by atoms with Gasteiger partial charge in [0.15, 0.2) is 5.11 Å². The lowest BCUT2D eigenvalue weighted by Gasteiger charge is -2.28. The number of anilines is 1. The van der Waals surface area contributed by atoms with Crippen LogP contribution in [0, 0.1) is 20.8 Å². The highest BCUT2D eigenvalue weighted by Crippen LogP contribution is 2.43. The smallest absolute Gasteiger partial charge is 0.174 e.